The third-order valence-corrected chi connectivity index (χ3v) is 3.11. The molecule has 0 bridgehead atoms. The van der Waals surface area contributed by atoms with Crippen molar-refractivity contribution in [2.45, 2.75) is 47.1 Å². The lowest BCUT2D eigenvalue weighted by atomic mass is 9.88. The monoisotopic (exact) mass is 247 g/mol. The van der Waals surface area contributed by atoms with Gasteiger partial charge in [0.05, 0.1) is 13.2 Å². The number of benzene rings is 1. The minimum absolute atomic E-state index is 0.210. The van der Waals surface area contributed by atoms with Crippen LogP contribution in [0.3, 0.4) is 0 Å². The Hall–Kier alpha value is -1.15. The molecule has 1 aliphatic heterocycles. The summed E-state index contributed by atoms with van der Waals surface area (Å²) in [7, 11) is 0. The van der Waals surface area contributed by atoms with Crippen molar-refractivity contribution in [2.75, 3.05) is 13.2 Å². The maximum Gasteiger partial charge on any atom is 0.106 e. The fraction of sp³-hybridized carbons (Fsp3) is 0.562. The lowest BCUT2D eigenvalue weighted by Gasteiger charge is -2.32. The maximum atomic E-state index is 5.62. The molecule has 2 nitrogen and oxygen atoms in total. The van der Waals surface area contributed by atoms with Gasteiger partial charge in [-0.3, -0.25) is 4.99 Å². The molecule has 0 fully saturated rings. The van der Waals surface area contributed by atoms with Gasteiger partial charge in [-0.25, -0.2) is 0 Å². The molecule has 0 amide bonds. The molecule has 100 valence electrons. The minimum Gasteiger partial charge on any atom is -0.373 e. The molecule has 0 radical (unpaired) electrons. The second-order valence-electron chi connectivity index (χ2n) is 4.93. The minimum atomic E-state index is -0.210. The molecule has 18 heavy (non-hydrogen) atoms. The molecule has 1 aliphatic rings. The molecule has 1 aromatic rings. The average molecular weight is 247 g/mol. The van der Waals surface area contributed by atoms with Crippen LogP contribution in [0.2, 0.25) is 0 Å². The maximum absolute atomic E-state index is 5.62. The SMILES string of the molecule is CC.CC1=NC(C)(c2cc(C)ccc2C)COC1. The van der Waals surface area contributed by atoms with Gasteiger partial charge in [-0.1, -0.05) is 37.6 Å². The number of aliphatic imine (C=N–C) groups is 1. The van der Waals surface area contributed by atoms with E-state index in [0.717, 1.165) is 5.71 Å². The highest BCUT2D eigenvalue weighted by molar-refractivity contribution is 5.84. The van der Waals surface area contributed by atoms with E-state index < -0.39 is 0 Å². The fourth-order valence-corrected chi connectivity index (χ4v) is 2.34. The van der Waals surface area contributed by atoms with E-state index >= 15 is 0 Å². The van der Waals surface area contributed by atoms with E-state index in [-0.39, 0.29) is 5.54 Å². The Morgan fingerprint density at radius 1 is 1.17 bits per heavy atom. The molecule has 2 heteroatoms. The van der Waals surface area contributed by atoms with Gasteiger partial charge in [0.25, 0.3) is 0 Å². The summed E-state index contributed by atoms with van der Waals surface area (Å²) in [4.78, 5) is 4.78. The first-order valence-corrected chi connectivity index (χ1v) is 6.72. The molecular weight excluding hydrogens is 222 g/mol. The van der Waals surface area contributed by atoms with Crippen molar-refractivity contribution in [1.82, 2.24) is 0 Å². The second kappa shape index (κ2) is 6.14. The predicted octanol–water partition coefficient (Wildman–Crippen LogP) is 4.04. The molecular formula is C16H25NO. The number of aryl methyl sites for hydroxylation is 2. The Labute approximate surface area is 111 Å². The van der Waals surface area contributed by atoms with Gasteiger partial charge < -0.3 is 4.74 Å². The first-order chi connectivity index (χ1) is 8.51. The standard InChI is InChI=1S/C14H19NO.C2H6/c1-10-5-6-11(2)13(7-10)14(4)9-16-8-12(3)15-14;1-2/h5-7H,8-9H2,1-4H3;1-2H3. The third kappa shape index (κ3) is 3.20. The summed E-state index contributed by atoms with van der Waals surface area (Å²) in [5.74, 6) is 0. The van der Waals surface area contributed by atoms with Gasteiger partial charge in [-0.05, 0) is 38.8 Å². The van der Waals surface area contributed by atoms with Gasteiger partial charge in [0, 0.05) is 5.71 Å². The van der Waals surface area contributed by atoms with Crippen molar-refractivity contribution in [3.05, 3.63) is 34.9 Å². The van der Waals surface area contributed by atoms with Crippen LogP contribution in [-0.2, 0) is 10.3 Å². The zero-order chi connectivity index (χ0) is 13.8. The van der Waals surface area contributed by atoms with Gasteiger partial charge in [0.2, 0.25) is 0 Å². The van der Waals surface area contributed by atoms with E-state index in [1.165, 1.54) is 16.7 Å². The van der Waals surface area contributed by atoms with Crippen LogP contribution >= 0.6 is 0 Å². The highest BCUT2D eigenvalue weighted by Crippen LogP contribution is 2.31. The van der Waals surface area contributed by atoms with Crippen LogP contribution in [0.1, 0.15) is 44.4 Å². The lowest BCUT2D eigenvalue weighted by Crippen LogP contribution is -2.34. The van der Waals surface area contributed by atoms with E-state index in [1.54, 1.807) is 0 Å². The smallest absolute Gasteiger partial charge is 0.106 e. The van der Waals surface area contributed by atoms with Crippen LogP contribution in [0, 0.1) is 13.8 Å². The van der Waals surface area contributed by atoms with Crippen LogP contribution in [0.4, 0.5) is 0 Å². The van der Waals surface area contributed by atoms with Crippen molar-refractivity contribution in [2.24, 2.45) is 4.99 Å². The number of hydrogen-bond donors (Lipinski definition) is 0. The molecule has 1 unspecified atom stereocenters. The normalized spacial score (nSPS) is 22.9. The Balaban J connectivity index is 0.000000771. The van der Waals surface area contributed by atoms with Crippen LogP contribution in [-0.4, -0.2) is 18.9 Å². The van der Waals surface area contributed by atoms with E-state index in [4.69, 9.17) is 9.73 Å². The predicted molar refractivity (Wildman–Crippen MR) is 78.5 cm³/mol. The zero-order valence-electron chi connectivity index (χ0n) is 12.5. The van der Waals surface area contributed by atoms with Crippen molar-refractivity contribution in [3.8, 4) is 0 Å². The molecule has 1 aromatic carbocycles. The lowest BCUT2D eigenvalue weighted by molar-refractivity contribution is 0.106. The van der Waals surface area contributed by atoms with Crippen LogP contribution in [0.25, 0.3) is 0 Å². The van der Waals surface area contributed by atoms with Gasteiger partial charge in [-0.2, -0.15) is 0 Å². The number of rotatable bonds is 1. The summed E-state index contributed by atoms with van der Waals surface area (Å²) in [6.07, 6.45) is 0. The molecule has 2 rings (SSSR count). The van der Waals surface area contributed by atoms with Crippen molar-refractivity contribution in [1.29, 1.82) is 0 Å². The van der Waals surface area contributed by atoms with E-state index in [0.29, 0.717) is 13.2 Å². The van der Waals surface area contributed by atoms with Crippen LogP contribution in [0.5, 0.6) is 0 Å². The molecule has 0 saturated carbocycles. The highest BCUT2D eigenvalue weighted by atomic mass is 16.5. The first-order valence-electron chi connectivity index (χ1n) is 6.72. The summed E-state index contributed by atoms with van der Waals surface area (Å²) < 4.78 is 5.62. The Kier molecular flexibility index (Phi) is 5.09. The summed E-state index contributed by atoms with van der Waals surface area (Å²) in [5.41, 5.74) is 4.72. The number of ether oxygens (including phenoxy) is 1. The van der Waals surface area contributed by atoms with E-state index in [1.807, 2.05) is 20.8 Å². The molecule has 0 saturated heterocycles. The molecule has 0 aromatic heterocycles. The first kappa shape index (κ1) is 14.9. The second-order valence-corrected chi connectivity index (χ2v) is 4.93. The van der Waals surface area contributed by atoms with Gasteiger partial charge in [0.15, 0.2) is 0 Å². The molecule has 1 heterocycles. The highest BCUT2D eigenvalue weighted by Gasteiger charge is 2.30. The molecule has 1 atom stereocenters. The van der Waals surface area contributed by atoms with Crippen molar-refractivity contribution < 1.29 is 4.74 Å². The van der Waals surface area contributed by atoms with E-state index in [9.17, 15) is 0 Å². The zero-order valence-corrected chi connectivity index (χ0v) is 12.5. The third-order valence-electron chi connectivity index (χ3n) is 3.11. The number of hydrogen-bond acceptors (Lipinski definition) is 2. The Morgan fingerprint density at radius 2 is 1.83 bits per heavy atom. The van der Waals surface area contributed by atoms with Gasteiger partial charge in [0.1, 0.15) is 5.54 Å². The van der Waals surface area contributed by atoms with Crippen LogP contribution in [0.15, 0.2) is 23.2 Å². The van der Waals surface area contributed by atoms with Crippen molar-refractivity contribution in [3.63, 3.8) is 0 Å². The summed E-state index contributed by atoms with van der Waals surface area (Å²) in [5, 5.41) is 0. The van der Waals surface area contributed by atoms with Crippen LogP contribution < -0.4 is 0 Å². The molecule has 0 spiro atoms. The topological polar surface area (TPSA) is 21.6 Å². The summed E-state index contributed by atoms with van der Waals surface area (Å²) in [6.45, 7) is 13.8. The van der Waals surface area contributed by atoms with Gasteiger partial charge in [-0.15, -0.1) is 0 Å². The largest absolute Gasteiger partial charge is 0.373 e. The van der Waals surface area contributed by atoms with Gasteiger partial charge >= 0.3 is 0 Å². The quantitative estimate of drug-likeness (QED) is 0.734. The Morgan fingerprint density at radius 3 is 2.44 bits per heavy atom. The number of nitrogens with zero attached hydrogens (tertiary/aromatic N) is 1. The molecule has 0 aliphatic carbocycles. The Bertz CT molecular complexity index is 437. The summed E-state index contributed by atoms with van der Waals surface area (Å²) in [6, 6.07) is 6.53. The average Bonchev–Trinajstić information content (AvgIpc) is 2.34. The van der Waals surface area contributed by atoms with Crippen molar-refractivity contribution >= 4 is 5.71 Å². The molecule has 0 N–H and O–H groups in total. The fourth-order valence-electron chi connectivity index (χ4n) is 2.34. The summed E-state index contributed by atoms with van der Waals surface area (Å²) >= 11 is 0. The van der Waals surface area contributed by atoms with E-state index in [2.05, 4.69) is 39.0 Å².